The van der Waals surface area contributed by atoms with Crippen molar-refractivity contribution in [2.75, 3.05) is 0 Å². The quantitative estimate of drug-likeness (QED) is 0.644. The molecule has 2 N–H and O–H groups in total. The summed E-state index contributed by atoms with van der Waals surface area (Å²) in [6, 6.07) is 12.2. The van der Waals surface area contributed by atoms with Crippen molar-refractivity contribution in [1.82, 2.24) is 10.0 Å². The molecule has 1 fully saturated rings. The summed E-state index contributed by atoms with van der Waals surface area (Å²) in [5.41, 5.74) is 0.843. The molecular weight excluding hydrogens is 459 g/mol. The maximum Gasteiger partial charge on any atom is 0.240 e. The van der Waals surface area contributed by atoms with Gasteiger partial charge in [0.1, 0.15) is 5.82 Å². The Bertz CT molecular complexity index is 941. The zero-order valence-corrected chi connectivity index (χ0v) is 18.5. The maximum atomic E-state index is 13.0. The average molecular weight is 483 g/mol. The first-order chi connectivity index (χ1) is 13.7. The van der Waals surface area contributed by atoms with E-state index in [0.717, 1.165) is 10.0 Å². The van der Waals surface area contributed by atoms with Crippen molar-refractivity contribution in [3.05, 3.63) is 64.4 Å². The van der Waals surface area contributed by atoms with E-state index in [4.69, 9.17) is 0 Å². The van der Waals surface area contributed by atoms with Crippen LogP contribution in [0.1, 0.15) is 44.2 Å². The SMILES string of the molecule is CC(NC(=O)C1CCC(NS(=O)(=O)c2ccc(Br)cc2)CC1)c1ccc(F)cc1. The lowest BCUT2D eigenvalue weighted by atomic mass is 9.85. The summed E-state index contributed by atoms with van der Waals surface area (Å²) in [4.78, 5) is 12.8. The molecule has 2 aromatic carbocycles. The molecule has 29 heavy (non-hydrogen) atoms. The first-order valence-corrected chi connectivity index (χ1v) is 11.9. The second-order valence-corrected chi connectivity index (χ2v) is 10.0. The fourth-order valence-corrected chi connectivity index (χ4v) is 5.11. The molecule has 1 aliphatic rings. The predicted octanol–water partition coefficient (Wildman–Crippen LogP) is 4.30. The van der Waals surface area contributed by atoms with Gasteiger partial charge in [-0.25, -0.2) is 17.5 Å². The highest BCUT2D eigenvalue weighted by atomic mass is 79.9. The molecule has 1 amide bonds. The van der Waals surface area contributed by atoms with Crippen molar-refractivity contribution < 1.29 is 17.6 Å². The molecule has 5 nitrogen and oxygen atoms in total. The average Bonchev–Trinajstić information content (AvgIpc) is 2.69. The third kappa shape index (κ3) is 5.87. The summed E-state index contributed by atoms with van der Waals surface area (Å²) in [6.45, 7) is 1.86. The zero-order chi connectivity index (χ0) is 21.0. The molecule has 0 heterocycles. The van der Waals surface area contributed by atoms with Crippen molar-refractivity contribution in [1.29, 1.82) is 0 Å². The number of rotatable bonds is 6. The molecule has 0 saturated heterocycles. The van der Waals surface area contributed by atoms with Crippen LogP contribution in [0.4, 0.5) is 4.39 Å². The molecule has 1 saturated carbocycles. The Balaban J connectivity index is 1.51. The Kier molecular flexibility index (Phi) is 7.08. The van der Waals surface area contributed by atoms with E-state index >= 15 is 0 Å². The van der Waals surface area contributed by atoms with Crippen LogP contribution in [0.2, 0.25) is 0 Å². The summed E-state index contributed by atoms with van der Waals surface area (Å²) in [7, 11) is -3.57. The number of carbonyl (C=O) groups is 1. The monoisotopic (exact) mass is 482 g/mol. The van der Waals surface area contributed by atoms with E-state index in [0.29, 0.717) is 25.7 Å². The van der Waals surface area contributed by atoms with Crippen LogP contribution in [0.5, 0.6) is 0 Å². The van der Waals surface area contributed by atoms with Gasteiger partial charge in [0.05, 0.1) is 10.9 Å². The van der Waals surface area contributed by atoms with Crippen molar-refractivity contribution in [3.8, 4) is 0 Å². The van der Waals surface area contributed by atoms with Crippen LogP contribution in [0.25, 0.3) is 0 Å². The second-order valence-electron chi connectivity index (χ2n) is 7.41. The topological polar surface area (TPSA) is 75.3 Å². The van der Waals surface area contributed by atoms with Crippen molar-refractivity contribution >= 4 is 31.9 Å². The van der Waals surface area contributed by atoms with Gasteiger partial charge in [-0.05, 0) is 74.6 Å². The van der Waals surface area contributed by atoms with E-state index in [2.05, 4.69) is 26.0 Å². The summed E-state index contributed by atoms with van der Waals surface area (Å²) in [6.07, 6.45) is 2.46. The third-order valence-corrected chi connectivity index (χ3v) is 7.34. The summed E-state index contributed by atoms with van der Waals surface area (Å²) < 4.78 is 41.7. The Morgan fingerprint density at radius 1 is 1.03 bits per heavy atom. The molecular formula is C21H24BrFN2O3S. The number of nitrogens with one attached hydrogen (secondary N) is 2. The summed E-state index contributed by atoms with van der Waals surface area (Å²) in [5, 5.41) is 2.98. The number of amides is 1. The van der Waals surface area contributed by atoms with Gasteiger partial charge in [0.15, 0.2) is 0 Å². The molecule has 2 aromatic rings. The van der Waals surface area contributed by atoms with E-state index in [-0.39, 0.29) is 34.6 Å². The Hall–Kier alpha value is -1.77. The molecule has 0 bridgehead atoms. The van der Waals surface area contributed by atoms with Crippen molar-refractivity contribution in [2.24, 2.45) is 5.92 Å². The lowest BCUT2D eigenvalue weighted by molar-refractivity contribution is -0.126. The lowest BCUT2D eigenvalue weighted by Crippen LogP contribution is -2.41. The molecule has 156 valence electrons. The van der Waals surface area contributed by atoms with Gasteiger partial charge in [-0.2, -0.15) is 0 Å². The van der Waals surface area contributed by atoms with Crippen LogP contribution in [-0.4, -0.2) is 20.4 Å². The fraction of sp³-hybridized carbons (Fsp3) is 0.381. The predicted molar refractivity (Wildman–Crippen MR) is 113 cm³/mol. The minimum absolute atomic E-state index is 0.0453. The first-order valence-electron chi connectivity index (χ1n) is 9.58. The summed E-state index contributed by atoms with van der Waals surface area (Å²) in [5.74, 6) is -0.501. The Labute approximate surface area is 179 Å². The molecule has 0 radical (unpaired) electrons. The molecule has 0 aliphatic heterocycles. The van der Waals surface area contributed by atoms with Gasteiger partial charge >= 0.3 is 0 Å². The van der Waals surface area contributed by atoms with Crippen molar-refractivity contribution in [2.45, 2.75) is 49.6 Å². The van der Waals surface area contributed by atoms with Crippen LogP contribution in [0.3, 0.4) is 0 Å². The van der Waals surface area contributed by atoms with Gasteiger partial charge in [-0.3, -0.25) is 4.79 Å². The highest BCUT2D eigenvalue weighted by Crippen LogP contribution is 2.27. The van der Waals surface area contributed by atoms with Gasteiger partial charge in [-0.1, -0.05) is 28.1 Å². The fourth-order valence-electron chi connectivity index (χ4n) is 3.54. The Morgan fingerprint density at radius 3 is 2.21 bits per heavy atom. The van der Waals surface area contributed by atoms with E-state index < -0.39 is 10.0 Å². The number of carbonyl (C=O) groups excluding carboxylic acids is 1. The second kappa shape index (κ2) is 9.36. The first kappa shape index (κ1) is 21.9. The van der Waals surface area contributed by atoms with E-state index in [1.54, 1.807) is 36.4 Å². The van der Waals surface area contributed by atoms with E-state index in [1.807, 2.05) is 6.92 Å². The molecule has 1 atom stereocenters. The highest BCUT2D eigenvalue weighted by Gasteiger charge is 2.29. The molecule has 0 spiro atoms. The highest BCUT2D eigenvalue weighted by molar-refractivity contribution is 9.10. The molecule has 3 rings (SSSR count). The van der Waals surface area contributed by atoms with Crippen LogP contribution < -0.4 is 10.0 Å². The number of benzene rings is 2. The number of hydrogen-bond donors (Lipinski definition) is 2. The van der Waals surface area contributed by atoms with Crippen LogP contribution in [0.15, 0.2) is 57.9 Å². The zero-order valence-electron chi connectivity index (χ0n) is 16.1. The number of hydrogen-bond acceptors (Lipinski definition) is 3. The minimum atomic E-state index is -3.57. The van der Waals surface area contributed by atoms with Gasteiger partial charge in [0.25, 0.3) is 0 Å². The maximum absolute atomic E-state index is 13.0. The molecule has 1 aliphatic carbocycles. The molecule has 0 aromatic heterocycles. The Morgan fingerprint density at radius 2 is 1.62 bits per heavy atom. The summed E-state index contributed by atoms with van der Waals surface area (Å²) >= 11 is 3.30. The minimum Gasteiger partial charge on any atom is -0.349 e. The van der Waals surface area contributed by atoms with Crippen LogP contribution in [0, 0.1) is 11.7 Å². The van der Waals surface area contributed by atoms with Crippen LogP contribution >= 0.6 is 15.9 Å². The number of sulfonamides is 1. The molecule has 1 unspecified atom stereocenters. The smallest absolute Gasteiger partial charge is 0.240 e. The van der Waals surface area contributed by atoms with Gasteiger partial charge in [0.2, 0.25) is 15.9 Å². The standard InChI is InChI=1S/C21H24BrFN2O3S/c1-14(15-2-8-18(23)9-3-15)24-21(26)16-4-10-19(11-5-16)25-29(27,28)20-12-6-17(22)7-13-20/h2-3,6-9,12-14,16,19,25H,4-5,10-11H2,1H3,(H,24,26). The van der Waals surface area contributed by atoms with Crippen LogP contribution in [-0.2, 0) is 14.8 Å². The molecule has 8 heteroatoms. The largest absolute Gasteiger partial charge is 0.349 e. The number of halogens is 2. The van der Waals surface area contributed by atoms with Gasteiger partial charge in [0, 0.05) is 16.4 Å². The lowest BCUT2D eigenvalue weighted by Gasteiger charge is -2.29. The normalized spacial score (nSPS) is 20.8. The van der Waals surface area contributed by atoms with Gasteiger partial charge in [-0.15, -0.1) is 0 Å². The van der Waals surface area contributed by atoms with Gasteiger partial charge < -0.3 is 5.32 Å². The van der Waals surface area contributed by atoms with E-state index in [9.17, 15) is 17.6 Å². The van der Waals surface area contributed by atoms with E-state index in [1.165, 1.54) is 12.1 Å². The van der Waals surface area contributed by atoms with Crippen molar-refractivity contribution in [3.63, 3.8) is 0 Å². The third-order valence-electron chi connectivity index (χ3n) is 5.27.